The van der Waals surface area contributed by atoms with E-state index < -0.39 is 0 Å². The van der Waals surface area contributed by atoms with Crippen LogP contribution in [0.4, 0.5) is 10.8 Å². The number of amides is 1. The molecule has 0 unspecified atom stereocenters. The van der Waals surface area contributed by atoms with Gasteiger partial charge in [0.1, 0.15) is 0 Å². The van der Waals surface area contributed by atoms with E-state index in [-0.39, 0.29) is 12.5 Å². The fraction of sp³-hybridized carbons (Fsp3) is 0.200. The van der Waals surface area contributed by atoms with Crippen LogP contribution in [0.3, 0.4) is 0 Å². The highest BCUT2D eigenvalue weighted by molar-refractivity contribution is 7.15. The van der Waals surface area contributed by atoms with Crippen molar-refractivity contribution in [2.24, 2.45) is 0 Å². The van der Waals surface area contributed by atoms with Gasteiger partial charge < -0.3 is 10.6 Å². The summed E-state index contributed by atoms with van der Waals surface area (Å²) in [4.78, 5) is 17.5. The molecule has 0 aliphatic rings. The summed E-state index contributed by atoms with van der Waals surface area (Å²) >= 11 is 7.49. The first-order chi connectivity index (χ1) is 12.5. The number of aryl methyl sites for hydroxylation is 2. The van der Waals surface area contributed by atoms with Crippen LogP contribution in [0.25, 0.3) is 0 Å². The van der Waals surface area contributed by atoms with Crippen molar-refractivity contribution in [3.63, 3.8) is 0 Å². The van der Waals surface area contributed by atoms with Crippen molar-refractivity contribution in [2.45, 2.75) is 20.3 Å². The molecule has 6 heteroatoms. The van der Waals surface area contributed by atoms with Crippen LogP contribution in [-0.2, 0) is 11.2 Å². The molecule has 0 radical (unpaired) electrons. The number of rotatable bonds is 6. The van der Waals surface area contributed by atoms with Crippen molar-refractivity contribution in [2.75, 3.05) is 17.2 Å². The smallest absolute Gasteiger partial charge is 0.245 e. The standard InChI is InChI=1S/C20H20ClN3OS/c1-13-6-7-18(14(2)8-13)22-12-19(25)24-20-23-11-17(26-20)10-15-4-3-5-16(21)9-15/h3-9,11,22H,10,12H2,1-2H3,(H,23,24,25). The van der Waals surface area contributed by atoms with E-state index in [1.807, 2.05) is 50.2 Å². The predicted molar refractivity (Wildman–Crippen MR) is 109 cm³/mol. The summed E-state index contributed by atoms with van der Waals surface area (Å²) in [5, 5.41) is 7.33. The van der Waals surface area contributed by atoms with Crippen LogP contribution in [0.2, 0.25) is 5.02 Å². The van der Waals surface area contributed by atoms with Gasteiger partial charge in [0.15, 0.2) is 5.13 Å². The maximum atomic E-state index is 12.2. The Morgan fingerprint density at radius 2 is 2.04 bits per heavy atom. The molecule has 3 rings (SSSR count). The molecule has 0 aliphatic carbocycles. The third kappa shape index (κ3) is 5.07. The number of hydrogen-bond donors (Lipinski definition) is 2. The number of nitrogens with one attached hydrogen (secondary N) is 2. The Hall–Kier alpha value is -2.37. The molecule has 0 spiro atoms. The third-order valence-electron chi connectivity index (χ3n) is 3.89. The van der Waals surface area contributed by atoms with E-state index in [4.69, 9.17) is 11.6 Å². The maximum absolute atomic E-state index is 12.2. The Kier molecular flexibility index (Phi) is 5.91. The summed E-state index contributed by atoms with van der Waals surface area (Å²) in [5.74, 6) is -0.117. The molecule has 0 atom stereocenters. The lowest BCUT2D eigenvalue weighted by Gasteiger charge is -2.09. The van der Waals surface area contributed by atoms with E-state index >= 15 is 0 Å². The predicted octanol–water partition coefficient (Wildman–Crippen LogP) is 5.05. The van der Waals surface area contributed by atoms with Gasteiger partial charge in [0, 0.05) is 28.2 Å². The van der Waals surface area contributed by atoms with Gasteiger partial charge in [0.05, 0.1) is 6.54 Å². The normalized spacial score (nSPS) is 10.6. The number of carbonyl (C=O) groups excluding carboxylic acids is 1. The average molecular weight is 386 g/mol. The van der Waals surface area contributed by atoms with Gasteiger partial charge in [-0.25, -0.2) is 4.98 Å². The second-order valence-electron chi connectivity index (χ2n) is 6.16. The number of nitrogens with zero attached hydrogens (tertiary/aromatic N) is 1. The van der Waals surface area contributed by atoms with Crippen LogP contribution >= 0.6 is 22.9 Å². The molecule has 2 N–H and O–H groups in total. The van der Waals surface area contributed by atoms with Crippen molar-refractivity contribution in [1.29, 1.82) is 0 Å². The summed E-state index contributed by atoms with van der Waals surface area (Å²) in [5.41, 5.74) is 4.41. The Balaban J connectivity index is 1.54. The van der Waals surface area contributed by atoms with Gasteiger partial charge in [-0.2, -0.15) is 0 Å². The monoisotopic (exact) mass is 385 g/mol. The third-order valence-corrected chi connectivity index (χ3v) is 5.04. The van der Waals surface area contributed by atoms with Gasteiger partial charge in [-0.05, 0) is 43.2 Å². The van der Waals surface area contributed by atoms with E-state index in [0.29, 0.717) is 5.13 Å². The van der Waals surface area contributed by atoms with Crippen LogP contribution < -0.4 is 10.6 Å². The van der Waals surface area contributed by atoms with Gasteiger partial charge in [-0.15, -0.1) is 11.3 Å². The molecule has 4 nitrogen and oxygen atoms in total. The highest BCUT2D eigenvalue weighted by atomic mass is 35.5. The van der Waals surface area contributed by atoms with Crippen molar-refractivity contribution in [3.8, 4) is 0 Å². The van der Waals surface area contributed by atoms with Gasteiger partial charge >= 0.3 is 0 Å². The number of aromatic nitrogens is 1. The van der Waals surface area contributed by atoms with Gasteiger partial charge in [0.2, 0.25) is 5.91 Å². The van der Waals surface area contributed by atoms with Crippen molar-refractivity contribution < 1.29 is 4.79 Å². The molecule has 0 aliphatic heterocycles. The lowest BCUT2D eigenvalue weighted by Crippen LogP contribution is -2.21. The summed E-state index contributed by atoms with van der Waals surface area (Å²) in [6.45, 7) is 4.27. The number of benzene rings is 2. The maximum Gasteiger partial charge on any atom is 0.245 e. The topological polar surface area (TPSA) is 54.0 Å². The quantitative estimate of drug-likeness (QED) is 0.623. The first-order valence-corrected chi connectivity index (χ1v) is 9.49. The minimum absolute atomic E-state index is 0.117. The minimum Gasteiger partial charge on any atom is -0.376 e. The number of carbonyl (C=O) groups is 1. The molecule has 0 saturated carbocycles. The average Bonchev–Trinajstić information content (AvgIpc) is 3.01. The SMILES string of the molecule is Cc1ccc(NCC(=O)Nc2ncc(Cc3cccc(Cl)c3)s2)c(C)c1. The van der Waals surface area contributed by atoms with E-state index in [1.165, 1.54) is 16.9 Å². The van der Waals surface area contributed by atoms with Gasteiger partial charge in [0.25, 0.3) is 0 Å². The Bertz CT molecular complexity index is 923. The first-order valence-electron chi connectivity index (χ1n) is 8.30. The van der Waals surface area contributed by atoms with Crippen molar-refractivity contribution >= 4 is 39.7 Å². The summed E-state index contributed by atoms with van der Waals surface area (Å²) in [7, 11) is 0. The van der Waals surface area contributed by atoms with Crippen LogP contribution in [0.15, 0.2) is 48.7 Å². The molecule has 0 fully saturated rings. The summed E-state index contributed by atoms with van der Waals surface area (Å²) in [6.07, 6.45) is 2.54. The van der Waals surface area contributed by atoms with Crippen molar-refractivity contribution in [1.82, 2.24) is 4.98 Å². The van der Waals surface area contributed by atoms with Crippen molar-refractivity contribution in [3.05, 3.63) is 75.3 Å². The van der Waals surface area contributed by atoms with Crippen LogP contribution in [0, 0.1) is 13.8 Å². The molecule has 1 aromatic heterocycles. The number of hydrogen-bond acceptors (Lipinski definition) is 4. The lowest BCUT2D eigenvalue weighted by atomic mass is 10.1. The summed E-state index contributed by atoms with van der Waals surface area (Å²) in [6, 6.07) is 13.8. The molecule has 2 aromatic carbocycles. The molecule has 134 valence electrons. The molecular formula is C20H20ClN3OS. The van der Waals surface area contributed by atoms with Gasteiger partial charge in [-0.1, -0.05) is 41.4 Å². The molecule has 1 heterocycles. The zero-order chi connectivity index (χ0) is 18.5. The lowest BCUT2D eigenvalue weighted by molar-refractivity contribution is -0.114. The molecule has 0 bridgehead atoms. The Morgan fingerprint density at radius 1 is 1.19 bits per heavy atom. The summed E-state index contributed by atoms with van der Waals surface area (Å²) < 4.78 is 0. The van der Waals surface area contributed by atoms with E-state index in [0.717, 1.165) is 33.1 Å². The largest absolute Gasteiger partial charge is 0.376 e. The molecule has 1 amide bonds. The molecular weight excluding hydrogens is 366 g/mol. The van der Waals surface area contributed by atoms with Crippen LogP contribution in [0.5, 0.6) is 0 Å². The fourth-order valence-corrected chi connectivity index (χ4v) is 3.72. The molecule has 3 aromatic rings. The highest BCUT2D eigenvalue weighted by Crippen LogP contribution is 2.22. The first kappa shape index (κ1) is 18.4. The second kappa shape index (κ2) is 8.34. The van der Waals surface area contributed by atoms with E-state index in [2.05, 4.69) is 21.7 Å². The highest BCUT2D eigenvalue weighted by Gasteiger charge is 2.08. The zero-order valence-electron chi connectivity index (χ0n) is 14.7. The van der Waals surface area contributed by atoms with Crippen LogP contribution in [-0.4, -0.2) is 17.4 Å². The molecule has 0 saturated heterocycles. The van der Waals surface area contributed by atoms with Crippen LogP contribution in [0.1, 0.15) is 21.6 Å². The van der Waals surface area contributed by atoms with Gasteiger partial charge in [-0.3, -0.25) is 4.79 Å². The minimum atomic E-state index is -0.117. The molecule has 26 heavy (non-hydrogen) atoms. The van der Waals surface area contributed by atoms with E-state index in [1.54, 1.807) is 6.20 Å². The van der Waals surface area contributed by atoms with E-state index in [9.17, 15) is 4.79 Å². The number of halogens is 1. The Morgan fingerprint density at radius 3 is 2.81 bits per heavy atom. The zero-order valence-corrected chi connectivity index (χ0v) is 16.2. The fourth-order valence-electron chi connectivity index (χ4n) is 2.65. The Labute approximate surface area is 162 Å². The second-order valence-corrected chi connectivity index (χ2v) is 7.71. The number of anilines is 2. The number of thiazole rings is 1.